The number of hydrogen-bond acceptors (Lipinski definition) is 19. The highest BCUT2D eigenvalue weighted by molar-refractivity contribution is 7.89. The Kier molecular flexibility index (Phi) is 29.0. The van der Waals surface area contributed by atoms with E-state index in [-0.39, 0.29) is 70.7 Å². The molecule has 6 aliphatic heterocycles. The van der Waals surface area contributed by atoms with E-state index in [1.54, 1.807) is 143 Å². The van der Waals surface area contributed by atoms with Gasteiger partial charge in [0.25, 0.3) is 5.91 Å². The molecule has 6 aliphatic rings. The highest BCUT2D eigenvalue weighted by atomic mass is 32.2. The Morgan fingerprint density at radius 3 is 1.70 bits per heavy atom. The van der Waals surface area contributed by atoms with E-state index < -0.39 is 164 Å². The summed E-state index contributed by atoms with van der Waals surface area (Å²) < 4.78 is 47.0. The predicted molar refractivity (Wildman–Crippen MR) is 446 cm³/mol. The van der Waals surface area contributed by atoms with Crippen molar-refractivity contribution in [2.75, 3.05) is 40.0 Å². The second-order valence-electron chi connectivity index (χ2n) is 34.5. The maximum absolute atomic E-state index is 15.6. The van der Waals surface area contributed by atoms with Gasteiger partial charge in [0.1, 0.15) is 78.3 Å². The zero-order chi connectivity index (χ0) is 86.6. The highest BCUT2D eigenvalue weighted by Crippen LogP contribution is 2.35. The number of fused-ring (bicyclic) bond motifs is 2. The summed E-state index contributed by atoms with van der Waals surface area (Å²) in [5.41, 5.74) is -0.260. The van der Waals surface area contributed by atoms with E-state index in [1.807, 2.05) is 89.7 Å². The second-order valence-corrected chi connectivity index (χ2v) is 36.2. The van der Waals surface area contributed by atoms with Crippen molar-refractivity contribution >= 4 is 96.7 Å². The van der Waals surface area contributed by atoms with Crippen LogP contribution in [-0.2, 0) is 95.0 Å². The molecule has 31 heteroatoms. The minimum atomic E-state index is -4.22. The van der Waals surface area contributed by atoms with E-state index >= 15 is 28.8 Å². The molecule has 2 saturated heterocycles. The molecule has 0 radical (unpaired) electrons. The summed E-state index contributed by atoms with van der Waals surface area (Å²) in [5, 5.41) is 40.5. The molecule has 0 aliphatic carbocycles. The fourth-order valence-electron chi connectivity index (χ4n) is 14.8. The number of aliphatic carboxylic acids is 1. The van der Waals surface area contributed by atoms with Crippen molar-refractivity contribution < 1.29 is 80.5 Å². The summed E-state index contributed by atoms with van der Waals surface area (Å²) in [5.74, 6) is -8.57. The molecule has 10 bridgehead atoms. The number of carbonyl (C=O) groups is 11. The van der Waals surface area contributed by atoms with Crippen LogP contribution >= 0.6 is 0 Å². The number of ketones is 1. The minimum Gasteiger partial charge on any atom is -0.490 e. The third-order valence-corrected chi connectivity index (χ3v) is 22.3. The molecule has 1 aromatic heterocycles. The van der Waals surface area contributed by atoms with Gasteiger partial charge in [-0.3, -0.25) is 57.6 Å². The lowest BCUT2D eigenvalue weighted by atomic mass is 9.85. The van der Waals surface area contributed by atoms with Crippen LogP contribution in [-0.4, -0.2) is 208 Å². The number of carboxylic acid groups (broad SMARTS) is 1. The van der Waals surface area contributed by atoms with Gasteiger partial charge in [-0.2, -0.15) is 0 Å². The number of carboxylic acids is 1. The number of amides is 9. The van der Waals surface area contributed by atoms with Gasteiger partial charge in [0, 0.05) is 45.8 Å². The minimum absolute atomic E-state index is 0.0563. The van der Waals surface area contributed by atoms with Crippen LogP contribution in [0.4, 0.5) is 4.79 Å². The first-order chi connectivity index (χ1) is 56.1. The SMILES string of the molecule is CN[C@@H](C)C(=O)N[C@H](C(=O)N1C[C@H]2C/C=C/COc3ccc(cc3)C[C@@H](C(=O)O)CC(=O)[C@H](Cc3ccc4ccccc4c3)NC(=O)[C@@H]3C[C@@H](CN3C(=O)[C@@H](NC(=O)[C@H](C)N(C)C(=O)OC(C)(C)C)C(C)(C)C)n3cc(nn3)COc3ccc(cc3)C[C@@H](C(=O)NS(C)(=O)=O)NC(=O)[C@H](Cc3ccc4ccccc4c3)NC(=O)[C@@H]1C2)C(C)(C)C. The maximum Gasteiger partial charge on any atom is 0.410 e. The van der Waals surface area contributed by atoms with E-state index in [2.05, 4.69) is 42.2 Å². The summed E-state index contributed by atoms with van der Waals surface area (Å²) in [7, 11) is -1.21. The van der Waals surface area contributed by atoms with Crippen LogP contribution in [0.3, 0.4) is 0 Å². The quantitative estimate of drug-likeness (QED) is 0.0468. The largest absolute Gasteiger partial charge is 0.490 e. The highest BCUT2D eigenvalue weighted by Gasteiger charge is 2.49. The number of Topliss-reactive ketones (excluding diaryl/α,β-unsaturated/α-hetero) is 1. The van der Waals surface area contributed by atoms with Crippen molar-refractivity contribution in [1.29, 1.82) is 0 Å². The van der Waals surface area contributed by atoms with Crippen LogP contribution in [0.5, 0.6) is 11.5 Å². The number of likely N-dealkylation sites (N-methyl/N-ethyl adjacent to an activating group) is 2. The molecule has 6 aromatic carbocycles. The zero-order valence-electron chi connectivity index (χ0n) is 69.9. The number of benzene rings is 6. The molecule has 13 rings (SSSR count). The number of aromatic nitrogens is 3. The van der Waals surface area contributed by atoms with E-state index in [0.717, 1.165) is 32.7 Å². The number of hydrogen-bond donors (Lipinski definition) is 8. The van der Waals surface area contributed by atoms with Crippen LogP contribution in [0, 0.1) is 22.7 Å². The molecule has 0 unspecified atom stereocenters. The van der Waals surface area contributed by atoms with Crippen molar-refractivity contribution in [2.45, 2.75) is 200 Å². The summed E-state index contributed by atoms with van der Waals surface area (Å²) in [6, 6.07) is 27.4. The van der Waals surface area contributed by atoms with Gasteiger partial charge in [0.15, 0.2) is 5.78 Å². The Morgan fingerprint density at radius 1 is 0.630 bits per heavy atom. The maximum atomic E-state index is 15.6. The van der Waals surface area contributed by atoms with Crippen molar-refractivity contribution in [3.05, 3.63) is 180 Å². The number of carbonyl (C=O) groups excluding carboxylic acids is 10. The number of nitrogens with one attached hydrogen (secondary N) is 7. The van der Waals surface area contributed by atoms with E-state index in [0.29, 0.717) is 45.9 Å². The normalized spacial score (nSPS) is 21.6. The molecule has 9 amide bonds. The lowest BCUT2D eigenvalue weighted by Crippen LogP contribution is -2.61. The van der Waals surface area contributed by atoms with Crippen LogP contribution in [0.1, 0.15) is 136 Å². The van der Waals surface area contributed by atoms with Crippen LogP contribution < -0.4 is 46.1 Å². The Morgan fingerprint density at radius 2 is 1.15 bits per heavy atom. The van der Waals surface area contributed by atoms with Crippen LogP contribution in [0.25, 0.3) is 21.5 Å². The van der Waals surface area contributed by atoms with Crippen LogP contribution in [0.2, 0.25) is 0 Å². The molecule has 7 heterocycles. The van der Waals surface area contributed by atoms with Gasteiger partial charge in [-0.25, -0.2) is 17.9 Å². The second kappa shape index (κ2) is 38.4. The predicted octanol–water partition coefficient (Wildman–Crippen LogP) is 7.25. The molecule has 2 fully saturated rings. The molecular formula is C88H111N13O17S. The molecule has 30 nitrogen and oxygen atoms in total. The summed E-state index contributed by atoms with van der Waals surface area (Å²) >= 11 is 0. The number of sulfonamides is 1. The molecule has 12 atom stereocenters. The van der Waals surface area contributed by atoms with E-state index in [4.69, 9.17) is 14.2 Å². The van der Waals surface area contributed by atoms with Gasteiger partial charge in [-0.05, 0) is 152 Å². The molecule has 119 heavy (non-hydrogen) atoms. The molecule has 0 saturated carbocycles. The third kappa shape index (κ3) is 24.3. The van der Waals surface area contributed by atoms with Gasteiger partial charge >= 0.3 is 12.1 Å². The van der Waals surface area contributed by atoms with Crippen molar-refractivity contribution in [2.24, 2.45) is 22.7 Å². The number of rotatable bonds is 15. The van der Waals surface area contributed by atoms with E-state index in [9.17, 15) is 37.5 Å². The zero-order valence-corrected chi connectivity index (χ0v) is 70.7. The van der Waals surface area contributed by atoms with Crippen molar-refractivity contribution in [1.82, 2.24) is 66.3 Å². The molecule has 8 N–H and O–H groups in total. The molecular weight excluding hydrogens is 1540 g/mol. The molecule has 7 aromatic rings. The standard InChI is InChI=1S/C88H111N13O17S/c1-52(89-12)76(103)93-74(86(3,4)5)82(109)99-48-58-21-19-20-38-116-66-34-28-54(29-35-66)39-63(84(111)112)46-73(102)68(43-56-26-32-59-22-15-17-24-61(59)40-56)90-81(108)72-47-65(50-100(72)83(110)75(87(6,7)8)94-77(104)53(2)98(13)85(113)118-88(9,10)11)101-49-64(95-97-101)51-117-67-36-30-55(31-37-67)42-70(79(106)96-119(14,114)115)91-78(105)69(92-80(107)71(99)45-58)44-57-27-33-60-23-16-18-25-62(60)41-57/h15-20,22-37,40-41,49,52-53,58,63,65,68-72,74-75,89H,21,38-39,42-48,50-51H2,1-14H3,(H,90,108)(H,91,105)(H,92,107)(H,93,103)(H,94,104)(H,96,106)(H,111,112)/b20-19+/t52-,53-,58-,63+,65-,68-,69-,70-,71-,72-,74+,75+/m0/s1. The van der Waals surface area contributed by atoms with Gasteiger partial charge in [0.2, 0.25) is 51.4 Å². The van der Waals surface area contributed by atoms with Gasteiger partial charge < -0.3 is 61.0 Å². The van der Waals surface area contributed by atoms with Gasteiger partial charge in [-0.15, -0.1) is 5.10 Å². The fraction of sp³-hybridized carbons (Fsp3) is 0.466. The number of ether oxygens (including phenoxy) is 3. The van der Waals surface area contributed by atoms with Gasteiger partial charge in [-0.1, -0.05) is 168 Å². The monoisotopic (exact) mass is 1650 g/mol. The lowest BCUT2D eigenvalue weighted by molar-refractivity contribution is -0.145. The number of nitrogens with zero attached hydrogens (tertiary/aromatic N) is 6. The first-order valence-corrected chi connectivity index (χ1v) is 41.9. The summed E-state index contributed by atoms with van der Waals surface area (Å²) in [6.45, 7) is 18.5. The summed E-state index contributed by atoms with van der Waals surface area (Å²) in [4.78, 5) is 164. The van der Waals surface area contributed by atoms with Crippen molar-refractivity contribution in [3.8, 4) is 11.5 Å². The Hall–Kier alpha value is -11.6. The topological polar surface area (TPSA) is 394 Å². The Balaban J connectivity index is 0.993. The smallest absolute Gasteiger partial charge is 0.410 e. The molecule has 0 spiro atoms. The molecule has 636 valence electrons. The van der Waals surface area contributed by atoms with Gasteiger partial charge in [0.05, 0.1) is 36.5 Å². The number of allylic oxidation sites excluding steroid dienone is 1. The lowest BCUT2D eigenvalue weighted by Gasteiger charge is -2.37. The Labute approximate surface area is 694 Å². The third-order valence-electron chi connectivity index (χ3n) is 21.7. The van der Waals surface area contributed by atoms with Crippen molar-refractivity contribution in [3.63, 3.8) is 0 Å². The van der Waals surface area contributed by atoms with E-state index in [1.165, 1.54) is 28.5 Å². The first kappa shape index (κ1) is 89.7. The first-order valence-electron chi connectivity index (χ1n) is 40.1. The van der Waals surface area contributed by atoms with Crippen LogP contribution in [0.15, 0.2) is 152 Å². The average molecular weight is 1650 g/mol. The fourth-order valence-corrected chi connectivity index (χ4v) is 15.3. The average Bonchev–Trinajstić information content (AvgIpc) is 1.67. The Bertz CT molecular complexity index is 5030. The summed E-state index contributed by atoms with van der Waals surface area (Å²) in [6.07, 6.45) is 4.46. The number of likely N-dealkylation sites (tertiary alicyclic amines) is 2.